The van der Waals surface area contributed by atoms with Crippen LogP contribution < -0.4 is 46.6 Å². The van der Waals surface area contributed by atoms with Crippen LogP contribution in [0.2, 0.25) is 15.1 Å². The number of carbonyl (C=O) groups is 1. The van der Waals surface area contributed by atoms with E-state index in [1.807, 2.05) is 87.9 Å². The van der Waals surface area contributed by atoms with Gasteiger partial charge in [0.05, 0.1) is 89.7 Å². The summed E-state index contributed by atoms with van der Waals surface area (Å²) in [5, 5.41) is 54.3. The van der Waals surface area contributed by atoms with Gasteiger partial charge in [-0.1, -0.05) is 53.0 Å². The van der Waals surface area contributed by atoms with Crippen LogP contribution in [0.15, 0.2) is 165 Å². The number of phenolic OH excluding ortho intramolecular Hbond substituents is 3. The lowest BCUT2D eigenvalue weighted by Gasteiger charge is -2.31. The largest absolute Gasteiger partial charge is 0.504 e. The number of phenols is 3. The number of aldehydes is 1. The molecule has 9 N–H and O–H groups in total. The van der Waals surface area contributed by atoms with Crippen molar-refractivity contribution < 1.29 is 33.3 Å². The summed E-state index contributed by atoms with van der Waals surface area (Å²) in [6.45, 7) is 4.66. The number of hydrogen-bond donors (Lipinski definition) is 9. The smallest absolute Gasteiger partial charge is 0.170 e. The van der Waals surface area contributed by atoms with Gasteiger partial charge in [0.1, 0.15) is 23.7 Å². The third-order valence-corrected chi connectivity index (χ3v) is 22.1. The molecule has 1 saturated carbocycles. The maximum Gasteiger partial charge on any atom is 0.170 e. The van der Waals surface area contributed by atoms with E-state index in [1.165, 1.54) is 36.4 Å². The Hall–Kier alpha value is -10.3. The second kappa shape index (κ2) is 28.3. The molecule has 4 fully saturated rings. The fourth-order valence-corrected chi connectivity index (χ4v) is 16.0. The summed E-state index contributed by atoms with van der Waals surface area (Å²) in [5.74, 6) is -2.54. The molecule has 0 radical (unpaired) electrons. The molecule has 9 heterocycles. The molecule has 0 spiro atoms. The van der Waals surface area contributed by atoms with Crippen LogP contribution in [0.3, 0.4) is 0 Å². The molecule has 3 saturated heterocycles. The van der Waals surface area contributed by atoms with Gasteiger partial charge in [-0.2, -0.15) is 0 Å². The summed E-state index contributed by atoms with van der Waals surface area (Å²) in [4.78, 5) is 53.5. The van der Waals surface area contributed by atoms with Crippen LogP contribution >= 0.6 is 47.2 Å². The number of halogens is 7. The zero-order valence-electron chi connectivity index (χ0n) is 56.9. The molecular formula is C79H70Cl4F3N15O4. The molecule has 0 amide bonds. The van der Waals surface area contributed by atoms with Gasteiger partial charge < -0.3 is 66.7 Å². The number of anilines is 9. The predicted molar refractivity (Wildman–Crippen MR) is 413 cm³/mol. The number of fused-ring (bicyclic) bond motifs is 3. The molecule has 19 nitrogen and oxygen atoms in total. The molecule has 3 aliphatic heterocycles. The molecule has 4 aliphatic rings. The number of aromatic hydroxyl groups is 3. The van der Waals surface area contributed by atoms with Gasteiger partial charge in [-0.25, -0.2) is 28.1 Å². The van der Waals surface area contributed by atoms with Crippen molar-refractivity contribution in [1.29, 1.82) is 0 Å². The number of aromatic nitrogens is 6. The Morgan fingerprint density at radius 2 is 0.752 bits per heavy atom. The van der Waals surface area contributed by atoms with E-state index in [2.05, 4.69) is 46.6 Å². The van der Waals surface area contributed by atoms with Crippen LogP contribution in [0.4, 0.5) is 64.7 Å². The Kier molecular flexibility index (Phi) is 19.0. The molecular weight excluding hydrogens is 1420 g/mol. The topological polar surface area (TPSA) is 237 Å². The van der Waals surface area contributed by atoms with Gasteiger partial charge >= 0.3 is 0 Å². The Morgan fingerprint density at radius 1 is 0.429 bits per heavy atom. The highest BCUT2D eigenvalue weighted by atomic mass is 35.5. The third kappa shape index (κ3) is 12.7. The highest BCUT2D eigenvalue weighted by Gasteiger charge is 2.73. The fraction of sp³-hybridized carbons (Fsp3) is 0.228. The van der Waals surface area contributed by atoms with E-state index in [-0.39, 0.29) is 52.0 Å². The Bertz CT molecular complexity index is 5120. The molecule has 6 aromatic carbocycles. The normalized spacial score (nSPS) is 19.2. The van der Waals surface area contributed by atoms with Gasteiger partial charge in [-0.05, 0) is 189 Å². The lowest BCUT2D eigenvalue weighted by molar-refractivity contribution is -0.110. The van der Waals surface area contributed by atoms with E-state index in [0.29, 0.717) is 117 Å². The molecule has 1 aliphatic carbocycles. The summed E-state index contributed by atoms with van der Waals surface area (Å²) in [7, 11) is 5.85. The molecule has 0 bridgehead atoms. The van der Waals surface area contributed by atoms with Crippen LogP contribution in [-0.4, -0.2) is 130 Å². The van der Waals surface area contributed by atoms with E-state index in [1.54, 1.807) is 61.4 Å². The fourth-order valence-electron chi connectivity index (χ4n) is 15.4. The second-order valence-electron chi connectivity index (χ2n) is 27.1. The summed E-state index contributed by atoms with van der Waals surface area (Å²) >= 11 is 19.6. The summed E-state index contributed by atoms with van der Waals surface area (Å²) < 4.78 is 47.1. The molecule has 12 aromatic rings. The average molecular weight is 1490 g/mol. The van der Waals surface area contributed by atoms with Crippen molar-refractivity contribution >= 4 is 138 Å². The van der Waals surface area contributed by atoms with Crippen LogP contribution in [0.25, 0.3) is 66.1 Å². The van der Waals surface area contributed by atoms with Gasteiger partial charge in [-0.3, -0.25) is 15.0 Å². The van der Waals surface area contributed by atoms with Crippen molar-refractivity contribution in [3.63, 3.8) is 0 Å². The highest BCUT2D eigenvalue weighted by Crippen LogP contribution is 2.72. The summed E-state index contributed by atoms with van der Waals surface area (Å²) in [6, 6.07) is 36.9. The molecule has 6 aromatic heterocycles. The number of nitrogens with one attached hydrogen (secondary N) is 6. The molecule has 4 unspecified atom stereocenters. The average Bonchev–Trinajstić information content (AvgIpc) is 1.48. The number of hydrogen-bond acceptors (Lipinski definition) is 19. The molecule has 26 heteroatoms. The standard InChI is InChI=1S/C79H69Cl3F3N15O4.ClH/c1-86-51-16-19-98(37-51)69-13-7-48(31-92-69)95-72-54-22-42(45-25-60(80)75(102)63(83)28-45)4-10-66(54)89-34-57(72)78(41-101)40-79(78,58-35-90-67-11-5-43(46-26-61(81)76(103)64(84)29-46)23-55(67)73(58)96-49-8-14-70(93-32-49)99-20-17-52(38-99)87-2)59-36-91-68-12-6-44(47-27-62(82)77(104)65(85)30-47)24-56(68)74(59)97-50-9-15-71(94-33-50)100-21-18-53(39-100)88-3;/h4-15,22-36,41,51-53,86-88,102-104H,16-21,37-40H2,1-3H3,(H,89,95)(H,90,96)(H,91,97);1H. The minimum absolute atomic E-state index is 0. The lowest BCUT2D eigenvalue weighted by atomic mass is 9.76. The molecule has 4 atom stereocenters. The molecule has 105 heavy (non-hydrogen) atoms. The third-order valence-electron chi connectivity index (χ3n) is 21.2. The zero-order chi connectivity index (χ0) is 71.9. The number of carbonyl (C=O) groups excluding carboxylic acids is 1. The molecule has 534 valence electrons. The van der Waals surface area contributed by atoms with Gasteiger partial charge in [0.2, 0.25) is 0 Å². The number of nitrogens with zero attached hydrogens (tertiary/aromatic N) is 9. The number of benzene rings is 6. The first-order chi connectivity index (χ1) is 50.4. The lowest BCUT2D eigenvalue weighted by Crippen LogP contribution is -2.29. The first kappa shape index (κ1) is 70.4. The minimum Gasteiger partial charge on any atom is -0.504 e. The van der Waals surface area contributed by atoms with Crippen LogP contribution in [0.5, 0.6) is 17.2 Å². The van der Waals surface area contributed by atoms with Crippen molar-refractivity contribution in [3.05, 3.63) is 214 Å². The molecule has 16 rings (SSSR count). The maximum absolute atomic E-state index is 16.0. The van der Waals surface area contributed by atoms with E-state index < -0.39 is 45.5 Å². The predicted octanol–water partition coefficient (Wildman–Crippen LogP) is 15.9. The minimum atomic E-state index is -1.68. The Labute approximate surface area is 623 Å². The number of pyridine rings is 6. The van der Waals surface area contributed by atoms with Gasteiger partial charge in [0.15, 0.2) is 34.7 Å². The first-order valence-electron chi connectivity index (χ1n) is 34.2. The van der Waals surface area contributed by atoms with E-state index in [9.17, 15) is 15.3 Å². The van der Waals surface area contributed by atoms with Crippen LogP contribution in [0, 0.1) is 17.5 Å². The highest BCUT2D eigenvalue weighted by molar-refractivity contribution is 6.33. The van der Waals surface area contributed by atoms with Gasteiger partial charge in [-0.15, -0.1) is 12.4 Å². The van der Waals surface area contributed by atoms with Crippen molar-refractivity contribution in [2.24, 2.45) is 0 Å². The maximum atomic E-state index is 16.0. The van der Waals surface area contributed by atoms with Crippen molar-refractivity contribution in [2.75, 3.05) is 91.1 Å². The SMILES string of the molecule is CNC1CCN(c2ccc(Nc3c(C4(C=O)CC4(c4cnc5ccc(-c6cc(F)c(O)c(Cl)c6)cc5c4Nc4ccc(N5CCC(NC)C5)nc4)c4cnc5ccc(-c6cc(F)c(O)c(Cl)c6)cc5c4Nc4ccc(N5CCC(NC)C5)nc4)cnc4ccc(-c5cc(F)c(O)c(Cl)c5)cc34)cn2)C1.Cl. The Balaban J connectivity index is 0.00000885. The summed E-state index contributed by atoms with van der Waals surface area (Å²) in [6.07, 6.45) is 14.2. The van der Waals surface area contributed by atoms with Crippen molar-refractivity contribution in [1.82, 2.24) is 45.9 Å². The van der Waals surface area contributed by atoms with Crippen molar-refractivity contribution in [2.45, 2.75) is 54.6 Å². The van der Waals surface area contributed by atoms with Crippen LogP contribution in [-0.2, 0) is 15.6 Å². The monoisotopic (exact) mass is 1490 g/mol. The summed E-state index contributed by atoms with van der Waals surface area (Å²) in [5.41, 5.74) is 5.30. The van der Waals surface area contributed by atoms with Crippen LogP contribution in [0.1, 0.15) is 42.4 Å². The Morgan fingerprint density at radius 3 is 1.04 bits per heavy atom. The first-order valence-corrected chi connectivity index (χ1v) is 35.3. The second-order valence-corrected chi connectivity index (χ2v) is 28.3. The van der Waals surface area contributed by atoms with Crippen molar-refractivity contribution in [3.8, 4) is 50.6 Å². The van der Waals surface area contributed by atoms with Gasteiger partial charge in [0, 0.05) is 114 Å². The number of rotatable bonds is 19. The quantitative estimate of drug-likeness (QED) is 0.0342. The van der Waals surface area contributed by atoms with E-state index in [4.69, 9.17) is 64.7 Å². The van der Waals surface area contributed by atoms with E-state index >= 15 is 18.0 Å². The van der Waals surface area contributed by atoms with Gasteiger partial charge in [0.25, 0.3) is 0 Å². The zero-order valence-corrected chi connectivity index (χ0v) is 60.0. The number of likely N-dealkylation sites (N-methyl/N-ethyl adjacent to an activating group) is 3. The van der Waals surface area contributed by atoms with E-state index in [0.717, 1.165) is 82.3 Å².